The van der Waals surface area contributed by atoms with E-state index in [1.165, 1.54) is 6.92 Å². The molecule has 0 aliphatic carbocycles. The van der Waals surface area contributed by atoms with E-state index in [0.717, 1.165) is 24.3 Å². The Hall–Kier alpha value is -2.29. The van der Waals surface area contributed by atoms with Gasteiger partial charge in [0.1, 0.15) is 5.75 Å². The lowest BCUT2D eigenvalue weighted by Crippen LogP contribution is -2.47. The van der Waals surface area contributed by atoms with E-state index in [4.69, 9.17) is 5.11 Å². The number of aliphatic hydroxyl groups excluding tert-OH is 1. The highest BCUT2D eigenvalue weighted by Crippen LogP contribution is 2.22. The summed E-state index contributed by atoms with van der Waals surface area (Å²) in [5.41, 5.74) is -0.0728. The summed E-state index contributed by atoms with van der Waals surface area (Å²) in [5, 5.41) is 20.0. The van der Waals surface area contributed by atoms with Crippen LogP contribution in [0.25, 0.3) is 0 Å². The number of aliphatic hydroxyl groups is 1. The second-order valence-electron chi connectivity index (χ2n) is 4.10. The second kappa shape index (κ2) is 6.44. The maximum Gasteiger partial charge on any atom is 0.573 e. The lowest BCUT2D eigenvalue weighted by Gasteiger charge is -2.17. The Bertz CT molecular complexity index is 513. The van der Waals surface area contributed by atoms with Gasteiger partial charge in [-0.15, -0.1) is 13.2 Å². The van der Waals surface area contributed by atoms with Crippen molar-refractivity contribution in [3.63, 3.8) is 0 Å². The smallest absolute Gasteiger partial charge is 0.480 e. The lowest BCUT2D eigenvalue weighted by molar-refractivity contribution is -0.274. The Morgan fingerprint density at radius 3 is 2.14 bits per heavy atom. The zero-order chi connectivity index (χ0) is 16.2. The first-order chi connectivity index (χ1) is 9.60. The molecule has 116 valence electrons. The van der Waals surface area contributed by atoms with Crippen LogP contribution in [0.3, 0.4) is 0 Å². The SMILES string of the molecule is CC(O)C(NC(=O)c1ccc(OC(F)(F)F)cc1)C(=O)O. The Labute approximate surface area is 117 Å². The van der Waals surface area contributed by atoms with Crippen LogP contribution in [-0.2, 0) is 4.79 Å². The number of nitrogens with one attached hydrogen (secondary N) is 1. The third-order valence-corrected chi connectivity index (χ3v) is 2.39. The van der Waals surface area contributed by atoms with Gasteiger partial charge in [0.2, 0.25) is 0 Å². The van der Waals surface area contributed by atoms with Gasteiger partial charge in [-0.05, 0) is 31.2 Å². The number of halogens is 3. The number of ether oxygens (including phenoxy) is 1. The Balaban J connectivity index is 2.77. The van der Waals surface area contributed by atoms with E-state index in [2.05, 4.69) is 4.74 Å². The topological polar surface area (TPSA) is 95.9 Å². The van der Waals surface area contributed by atoms with Crippen LogP contribution in [0.4, 0.5) is 13.2 Å². The van der Waals surface area contributed by atoms with Gasteiger partial charge in [-0.2, -0.15) is 0 Å². The van der Waals surface area contributed by atoms with Crippen molar-refractivity contribution in [2.24, 2.45) is 0 Å². The lowest BCUT2D eigenvalue weighted by atomic mass is 10.1. The van der Waals surface area contributed by atoms with Gasteiger partial charge in [0.05, 0.1) is 6.10 Å². The molecule has 9 heteroatoms. The zero-order valence-corrected chi connectivity index (χ0v) is 10.7. The number of carbonyl (C=O) groups is 2. The molecule has 0 bridgehead atoms. The van der Waals surface area contributed by atoms with Crippen LogP contribution in [0.1, 0.15) is 17.3 Å². The van der Waals surface area contributed by atoms with Gasteiger partial charge in [-0.3, -0.25) is 4.79 Å². The van der Waals surface area contributed by atoms with E-state index in [9.17, 15) is 27.9 Å². The van der Waals surface area contributed by atoms with Crippen molar-refractivity contribution in [3.8, 4) is 5.75 Å². The number of alkyl halides is 3. The van der Waals surface area contributed by atoms with Crippen LogP contribution in [0.5, 0.6) is 5.75 Å². The van der Waals surface area contributed by atoms with E-state index in [0.29, 0.717) is 0 Å². The number of aliphatic carboxylic acids is 1. The third kappa shape index (κ3) is 5.30. The van der Waals surface area contributed by atoms with Gasteiger partial charge in [0, 0.05) is 5.56 Å². The maximum absolute atomic E-state index is 12.0. The molecule has 0 radical (unpaired) electrons. The van der Waals surface area contributed by atoms with Gasteiger partial charge >= 0.3 is 12.3 Å². The van der Waals surface area contributed by atoms with Gasteiger partial charge < -0.3 is 20.3 Å². The molecule has 1 aromatic carbocycles. The highest BCUT2D eigenvalue weighted by atomic mass is 19.4. The summed E-state index contributed by atoms with van der Waals surface area (Å²) in [5.74, 6) is -2.79. The quantitative estimate of drug-likeness (QED) is 0.758. The van der Waals surface area contributed by atoms with E-state index < -0.39 is 36.1 Å². The van der Waals surface area contributed by atoms with Crippen molar-refractivity contribution in [1.29, 1.82) is 0 Å². The summed E-state index contributed by atoms with van der Waals surface area (Å²) in [6.07, 6.45) is -6.18. The molecule has 6 nitrogen and oxygen atoms in total. The summed E-state index contributed by atoms with van der Waals surface area (Å²) in [6.45, 7) is 1.18. The average molecular weight is 307 g/mol. The molecule has 1 rings (SSSR count). The number of carbonyl (C=O) groups excluding carboxylic acids is 1. The molecule has 0 aliphatic heterocycles. The van der Waals surface area contributed by atoms with E-state index >= 15 is 0 Å². The van der Waals surface area contributed by atoms with Crippen LogP contribution in [-0.4, -0.2) is 40.6 Å². The minimum absolute atomic E-state index is 0.0728. The van der Waals surface area contributed by atoms with Crippen molar-refractivity contribution >= 4 is 11.9 Å². The summed E-state index contributed by atoms with van der Waals surface area (Å²) in [4.78, 5) is 22.5. The maximum atomic E-state index is 12.0. The Kier molecular flexibility index (Phi) is 5.14. The van der Waals surface area contributed by atoms with Gasteiger partial charge in [-0.1, -0.05) is 0 Å². The fraction of sp³-hybridized carbons (Fsp3) is 0.333. The molecule has 0 saturated carbocycles. The first kappa shape index (κ1) is 16.8. The van der Waals surface area contributed by atoms with Crippen molar-refractivity contribution in [2.45, 2.75) is 25.4 Å². The average Bonchev–Trinajstić information content (AvgIpc) is 2.33. The van der Waals surface area contributed by atoms with Crippen molar-refractivity contribution in [2.75, 3.05) is 0 Å². The molecule has 2 atom stereocenters. The Morgan fingerprint density at radius 1 is 1.24 bits per heavy atom. The summed E-state index contributed by atoms with van der Waals surface area (Å²) < 4.78 is 39.5. The van der Waals surface area contributed by atoms with Crippen LogP contribution in [0, 0.1) is 0 Å². The molecule has 1 amide bonds. The van der Waals surface area contributed by atoms with E-state index in [1.807, 2.05) is 5.32 Å². The number of benzene rings is 1. The first-order valence-electron chi connectivity index (χ1n) is 5.67. The van der Waals surface area contributed by atoms with E-state index in [1.54, 1.807) is 0 Å². The minimum atomic E-state index is -4.84. The van der Waals surface area contributed by atoms with Crippen LogP contribution in [0.15, 0.2) is 24.3 Å². The van der Waals surface area contributed by atoms with E-state index in [-0.39, 0.29) is 5.56 Å². The molecule has 2 unspecified atom stereocenters. The number of carboxylic acids is 1. The molecule has 0 fully saturated rings. The highest BCUT2D eigenvalue weighted by molar-refractivity contribution is 5.96. The number of hydrogen-bond acceptors (Lipinski definition) is 4. The number of amides is 1. The fourth-order valence-electron chi connectivity index (χ4n) is 1.42. The van der Waals surface area contributed by atoms with Gasteiger partial charge in [0.25, 0.3) is 5.91 Å². The van der Waals surface area contributed by atoms with Crippen molar-refractivity contribution in [3.05, 3.63) is 29.8 Å². The van der Waals surface area contributed by atoms with Crippen LogP contribution in [0.2, 0.25) is 0 Å². The van der Waals surface area contributed by atoms with Gasteiger partial charge in [0.15, 0.2) is 6.04 Å². The summed E-state index contributed by atoms with van der Waals surface area (Å²) in [6, 6.07) is 2.39. The molecule has 0 spiro atoms. The normalized spacial score (nSPS) is 14.1. The first-order valence-corrected chi connectivity index (χ1v) is 5.67. The van der Waals surface area contributed by atoms with Gasteiger partial charge in [-0.25, -0.2) is 4.79 Å². The fourth-order valence-corrected chi connectivity index (χ4v) is 1.42. The van der Waals surface area contributed by atoms with Crippen LogP contribution >= 0.6 is 0 Å². The zero-order valence-electron chi connectivity index (χ0n) is 10.7. The molecule has 0 aromatic heterocycles. The standard InChI is InChI=1S/C12H12F3NO5/c1-6(17)9(11(19)20)16-10(18)7-2-4-8(5-3-7)21-12(13,14)15/h2-6,9,17H,1H3,(H,16,18)(H,19,20). The molecule has 3 N–H and O–H groups in total. The molecule has 1 aromatic rings. The van der Waals surface area contributed by atoms with Crippen molar-refractivity contribution in [1.82, 2.24) is 5.32 Å². The molecule has 0 saturated heterocycles. The number of rotatable bonds is 5. The number of hydrogen-bond donors (Lipinski definition) is 3. The monoisotopic (exact) mass is 307 g/mol. The molecule has 21 heavy (non-hydrogen) atoms. The molecular formula is C12H12F3NO5. The third-order valence-electron chi connectivity index (χ3n) is 2.39. The Morgan fingerprint density at radius 2 is 1.76 bits per heavy atom. The number of carboxylic acid groups (broad SMARTS) is 1. The second-order valence-corrected chi connectivity index (χ2v) is 4.10. The molecule has 0 heterocycles. The summed E-state index contributed by atoms with van der Waals surface area (Å²) in [7, 11) is 0. The predicted octanol–water partition coefficient (Wildman–Crippen LogP) is 1.15. The summed E-state index contributed by atoms with van der Waals surface area (Å²) >= 11 is 0. The van der Waals surface area contributed by atoms with Crippen molar-refractivity contribution < 1.29 is 37.7 Å². The molecule has 0 aliphatic rings. The largest absolute Gasteiger partial charge is 0.573 e. The molecular weight excluding hydrogens is 295 g/mol. The predicted molar refractivity (Wildman–Crippen MR) is 63.7 cm³/mol. The van der Waals surface area contributed by atoms with Crippen LogP contribution < -0.4 is 10.1 Å². The minimum Gasteiger partial charge on any atom is -0.480 e. The highest BCUT2D eigenvalue weighted by Gasteiger charge is 2.31.